The van der Waals surface area contributed by atoms with E-state index >= 15 is 0 Å². The van der Waals surface area contributed by atoms with Crippen molar-refractivity contribution in [2.45, 2.75) is 6.54 Å². The molecule has 9 heteroatoms. The number of rotatable bonds is 6. The Kier molecular flexibility index (Phi) is 5.77. The van der Waals surface area contributed by atoms with Crippen molar-refractivity contribution < 1.29 is 14.4 Å². The molecule has 0 saturated carbocycles. The molecule has 3 aromatic rings. The standard InChI is InChI=1S/C22H20N4O4S/c1-24-16-9-5-6-10-17(16)26(21(24)29)14-19(27)23-11-12-25-20(28)18(31-22(25)30)13-15-7-3-2-4-8-15/h2-10,13H,11-12,14H2,1H3,(H,23,27)/b18-13+. The minimum absolute atomic E-state index is 0.0625. The fourth-order valence-electron chi connectivity index (χ4n) is 3.42. The number of nitrogens with one attached hydrogen (secondary N) is 1. The first kappa shape index (κ1) is 20.7. The van der Waals surface area contributed by atoms with Gasteiger partial charge in [0.1, 0.15) is 6.54 Å². The number of nitrogens with zero attached hydrogens (tertiary/aromatic N) is 3. The van der Waals surface area contributed by atoms with Crippen molar-refractivity contribution in [3.05, 3.63) is 75.6 Å². The summed E-state index contributed by atoms with van der Waals surface area (Å²) in [6.45, 7) is 0.0258. The fraction of sp³-hybridized carbons (Fsp3) is 0.182. The minimum atomic E-state index is -0.377. The highest BCUT2D eigenvalue weighted by molar-refractivity contribution is 8.18. The Bertz CT molecular complexity index is 1260. The molecule has 0 unspecified atom stereocenters. The lowest BCUT2D eigenvalue weighted by molar-refractivity contribution is -0.124. The molecule has 1 saturated heterocycles. The number of hydrogen-bond acceptors (Lipinski definition) is 5. The van der Waals surface area contributed by atoms with Crippen molar-refractivity contribution in [2.24, 2.45) is 7.05 Å². The quantitative estimate of drug-likeness (QED) is 0.598. The molecule has 8 nitrogen and oxygen atoms in total. The second-order valence-corrected chi connectivity index (χ2v) is 8.00. The first-order valence-corrected chi connectivity index (χ1v) is 10.5. The van der Waals surface area contributed by atoms with Gasteiger partial charge in [-0.2, -0.15) is 0 Å². The molecule has 0 bridgehead atoms. The zero-order valence-corrected chi connectivity index (χ0v) is 17.6. The summed E-state index contributed by atoms with van der Waals surface area (Å²) in [5.41, 5.74) is 1.96. The number of thioether (sulfide) groups is 1. The first-order chi connectivity index (χ1) is 15.0. The Balaban J connectivity index is 1.37. The summed E-state index contributed by atoms with van der Waals surface area (Å²) in [6, 6.07) is 16.5. The lowest BCUT2D eigenvalue weighted by Crippen LogP contribution is -2.39. The number of carbonyl (C=O) groups is 3. The molecule has 0 spiro atoms. The number of fused-ring (bicyclic) bond motifs is 1. The lowest BCUT2D eigenvalue weighted by Gasteiger charge is -2.13. The van der Waals surface area contributed by atoms with Crippen molar-refractivity contribution >= 4 is 45.9 Å². The Morgan fingerprint density at radius 2 is 1.68 bits per heavy atom. The number of para-hydroxylation sites is 2. The summed E-state index contributed by atoms with van der Waals surface area (Å²) in [4.78, 5) is 51.0. The monoisotopic (exact) mass is 436 g/mol. The van der Waals surface area contributed by atoms with Crippen LogP contribution in [0.25, 0.3) is 17.1 Å². The van der Waals surface area contributed by atoms with E-state index < -0.39 is 0 Å². The molecule has 2 aromatic carbocycles. The van der Waals surface area contributed by atoms with Gasteiger partial charge in [0.2, 0.25) is 5.91 Å². The summed E-state index contributed by atoms with van der Waals surface area (Å²) in [7, 11) is 1.65. The van der Waals surface area contributed by atoms with E-state index in [4.69, 9.17) is 0 Å². The van der Waals surface area contributed by atoms with Crippen LogP contribution in [0.2, 0.25) is 0 Å². The van der Waals surface area contributed by atoms with Crippen LogP contribution in [-0.4, -0.2) is 44.2 Å². The molecule has 2 heterocycles. The van der Waals surface area contributed by atoms with Gasteiger partial charge >= 0.3 is 5.69 Å². The fourth-order valence-corrected chi connectivity index (χ4v) is 4.28. The summed E-state index contributed by atoms with van der Waals surface area (Å²) in [5.74, 6) is -0.747. The number of aromatic nitrogens is 2. The van der Waals surface area contributed by atoms with E-state index in [1.54, 1.807) is 25.3 Å². The molecule has 0 radical (unpaired) electrons. The maximum atomic E-state index is 12.5. The molecular formula is C22H20N4O4S. The Morgan fingerprint density at radius 3 is 2.42 bits per heavy atom. The largest absolute Gasteiger partial charge is 0.353 e. The molecule has 1 N–H and O–H groups in total. The van der Waals surface area contributed by atoms with E-state index in [1.807, 2.05) is 42.5 Å². The molecule has 4 rings (SSSR count). The molecular weight excluding hydrogens is 416 g/mol. The zero-order chi connectivity index (χ0) is 22.0. The molecule has 158 valence electrons. The molecule has 0 atom stereocenters. The number of hydrogen-bond donors (Lipinski definition) is 1. The molecule has 31 heavy (non-hydrogen) atoms. The van der Waals surface area contributed by atoms with E-state index in [-0.39, 0.29) is 42.4 Å². The third kappa shape index (κ3) is 4.17. The average Bonchev–Trinajstić information content (AvgIpc) is 3.17. The van der Waals surface area contributed by atoms with Gasteiger partial charge in [-0.25, -0.2) is 4.79 Å². The summed E-state index contributed by atoms with van der Waals surface area (Å²) >= 11 is 0.882. The second-order valence-electron chi connectivity index (χ2n) is 7.01. The SMILES string of the molecule is Cn1c(=O)n(CC(=O)NCCN2C(=O)S/C(=C/c3ccccc3)C2=O)c2ccccc21. The van der Waals surface area contributed by atoms with Gasteiger partial charge in [-0.05, 0) is 35.5 Å². The van der Waals surface area contributed by atoms with Crippen molar-refractivity contribution in [3.63, 3.8) is 0 Å². The molecule has 0 aliphatic carbocycles. The van der Waals surface area contributed by atoms with E-state index in [0.717, 1.165) is 27.7 Å². The highest BCUT2D eigenvalue weighted by Crippen LogP contribution is 2.31. The Labute approximate surface area is 182 Å². The normalized spacial score (nSPS) is 15.3. The molecule has 3 amide bonds. The molecule has 1 fully saturated rings. The number of imidazole rings is 1. The van der Waals surface area contributed by atoms with Crippen LogP contribution >= 0.6 is 11.8 Å². The summed E-state index contributed by atoms with van der Waals surface area (Å²) < 4.78 is 2.88. The Hall–Kier alpha value is -3.59. The highest BCUT2D eigenvalue weighted by atomic mass is 32.2. The maximum Gasteiger partial charge on any atom is 0.329 e. The van der Waals surface area contributed by atoms with Gasteiger partial charge in [0.05, 0.1) is 15.9 Å². The van der Waals surface area contributed by atoms with E-state index in [2.05, 4.69) is 5.32 Å². The number of imide groups is 1. The third-order valence-electron chi connectivity index (χ3n) is 4.98. The second kappa shape index (κ2) is 8.65. The third-order valence-corrected chi connectivity index (χ3v) is 5.89. The topological polar surface area (TPSA) is 93.4 Å². The molecule has 1 aliphatic rings. The van der Waals surface area contributed by atoms with E-state index in [1.165, 1.54) is 9.13 Å². The number of amides is 3. The lowest BCUT2D eigenvalue weighted by atomic mass is 10.2. The average molecular weight is 436 g/mol. The number of carbonyl (C=O) groups excluding carboxylic acids is 3. The highest BCUT2D eigenvalue weighted by Gasteiger charge is 2.34. The minimum Gasteiger partial charge on any atom is -0.353 e. The smallest absolute Gasteiger partial charge is 0.329 e. The van der Waals surface area contributed by atoms with Crippen LogP contribution in [0.3, 0.4) is 0 Å². The van der Waals surface area contributed by atoms with Crippen LogP contribution < -0.4 is 11.0 Å². The maximum absolute atomic E-state index is 12.5. The van der Waals surface area contributed by atoms with Crippen LogP contribution in [0, 0.1) is 0 Å². The molecule has 1 aromatic heterocycles. The van der Waals surface area contributed by atoms with Gasteiger partial charge < -0.3 is 5.32 Å². The van der Waals surface area contributed by atoms with Crippen LogP contribution in [-0.2, 0) is 23.2 Å². The van der Waals surface area contributed by atoms with Gasteiger partial charge in [-0.1, -0.05) is 42.5 Å². The molecule has 1 aliphatic heterocycles. The number of aryl methyl sites for hydroxylation is 1. The van der Waals surface area contributed by atoms with Crippen LogP contribution in [0.1, 0.15) is 5.56 Å². The summed E-state index contributed by atoms with van der Waals surface area (Å²) in [5, 5.41) is 2.31. The van der Waals surface area contributed by atoms with Gasteiger partial charge in [0.25, 0.3) is 11.1 Å². The van der Waals surface area contributed by atoms with Crippen LogP contribution in [0.5, 0.6) is 0 Å². The van der Waals surface area contributed by atoms with E-state index in [0.29, 0.717) is 10.4 Å². The van der Waals surface area contributed by atoms with Crippen molar-refractivity contribution in [2.75, 3.05) is 13.1 Å². The number of benzene rings is 2. The van der Waals surface area contributed by atoms with Crippen LogP contribution in [0.4, 0.5) is 4.79 Å². The summed E-state index contributed by atoms with van der Waals surface area (Å²) in [6.07, 6.45) is 1.68. The predicted octanol–water partition coefficient (Wildman–Crippen LogP) is 2.19. The van der Waals surface area contributed by atoms with E-state index in [9.17, 15) is 19.2 Å². The van der Waals surface area contributed by atoms with Crippen molar-refractivity contribution in [3.8, 4) is 0 Å². The van der Waals surface area contributed by atoms with Crippen molar-refractivity contribution in [1.29, 1.82) is 0 Å². The van der Waals surface area contributed by atoms with Crippen molar-refractivity contribution in [1.82, 2.24) is 19.4 Å². The predicted molar refractivity (Wildman–Crippen MR) is 119 cm³/mol. The first-order valence-electron chi connectivity index (χ1n) is 9.67. The zero-order valence-electron chi connectivity index (χ0n) is 16.8. The Morgan fingerprint density at radius 1 is 1.00 bits per heavy atom. The van der Waals surface area contributed by atoms with Gasteiger partial charge in [-0.15, -0.1) is 0 Å². The van der Waals surface area contributed by atoms with Gasteiger partial charge in [0, 0.05) is 20.1 Å². The van der Waals surface area contributed by atoms with Gasteiger partial charge in [-0.3, -0.25) is 28.4 Å². The van der Waals surface area contributed by atoms with Crippen LogP contribution in [0.15, 0.2) is 64.3 Å². The van der Waals surface area contributed by atoms with Gasteiger partial charge in [0.15, 0.2) is 0 Å².